The Bertz CT molecular complexity index is 658. The number of aromatic nitrogens is 1. The lowest BCUT2D eigenvalue weighted by Crippen LogP contribution is -2.39. The van der Waals surface area contributed by atoms with Gasteiger partial charge in [0.2, 0.25) is 0 Å². The Morgan fingerprint density at radius 3 is 2.83 bits per heavy atom. The largest absolute Gasteiger partial charge is 0.376 e. The number of pyridine rings is 1. The van der Waals surface area contributed by atoms with E-state index in [4.69, 9.17) is 16.3 Å². The lowest BCUT2D eigenvalue weighted by molar-refractivity contribution is 0.0819. The van der Waals surface area contributed by atoms with Gasteiger partial charge in [-0.05, 0) is 48.7 Å². The number of hydrogen-bond acceptors (Lipinski definition) is 3. The minimum atomic E-state index is -0.156. The molecule has 24 heavy (non-hydrogen) atoms. The normalized spacial score (nSPS) is 16.8. The molecule has 1 saturated heterocycles. The Hall–Kier alpha value is -2.11. The quantitative estimate of drug-likeness (QED) is 0.892. The maximum Gasteiger partial charge on any atom is 0.322 e. The summed E-state index contributed by atoms with van der Waals surface area (Å²) < 4.78 is 5.68. The van der Waals surface area contributed by atoms with Crippen LogP contribution >= 0.6 is 11.6 Å². The van der Waals surface area contributed by atoms with Gasteiger partial charge < -0.3 is 15.0 Å². The molecule has 0 saturated carbocycles. The molecule has 0 aliphatic carbocycles. The van der Waals surface area contributed by atoms with Crippen LogP contribution in [0.1, 0.15) is 18.4 Å². The number of rotatable bonds is 5. The fourth-order valence-corrected chi connectivity index (χ4v) is 2.83. The van der Waals surface area contributed by atoms with Crippen molar-refractivity contribution in [3.05, 3.63) is 59.4 Å². The molecule has 1 fully saturated rings. The third-order valence-electron chi connectivity index (χ3n) is 3.93. The smallest absolute Gasteiger partial charge is 0.322 e. The van der Waals surface area contributed by atoms with Gasteiger partial charge in [0.05, 0.1) is 6.10 Å². The lowest BCUT2D eigenvalue weighted by atomic mass is 10.2. The van der Waals surface area contributed by atoms with Crippen molar-refractivity contribution >= 4 is 23.3 Å². The zero-order valence-electron chi connectivity index (χ0n) is 13.3. The summed E-state index contributed by atoms with van der Waals surface area (Å²) in [5.41, 5.74) is 1.70. The third-order valence-corrected chi connectivity index (χ3v) is 4.18. The number of anilines is 1. The van der Waals surface area contributed by atoms with Gasteiger partial charge in [-0.25, -0.2) is 4.79 Å². The number of hydrogen-bond donors (Lipinski definition) is 1. The lowest BCUT2D eigenvalue weighted by Gasteiger charge is -2.25. The van der Waals surface area contributed by atoms with Crippen molar-refractivity contribution in [2.24, 2.45) is 0 Å². The van der Waals surface area contributed by atoms with E-state index in [-0.39, 0.29) is 12.1 Å². The molecule has 2 heterocycles. The fraction of sp³-hybridized carbons (Fsp3) is 0.333. The van der Waals surface area contributed by atoms with Crippen LogP contribution in [0.25, 0.3) is 0 Å². The first-order valence-corrected chi connectivity index (χ1v) is 8.40. The van der Waals surface area contributed by atoms with Crippen LogP contribution < -0.4 is 5.32 Å². The van der Waals surface area contributed by atoms with Gasteiger partial charge in [0.1, 0.15) is 0 Å². The zero-order chi connectivity index (χ0) is 16.8. The van der Waals surface area contributed by atoms with Crippen molar-refractivity contribution < 1.29 is 9.53 Å². The van der Waals surface area contributed by atoms with Crippen LogP contribution in [-0.4, -0.2) is 35.2 Å². The molecule has 3 rings (SSSR count). The monoisotopic (exact) mass is 345 g/mol. The number of nitrogens with one attached hydrogen (secondary N) is 1. The average Bonchev–Trinajstić information content (AvgIpc) is 3.10. The molecule has 2 amide bonds. The fourth-order valence-electron chi connectivity index (χ4n) is 2.70. The molecule has 1 atom stereocenters. The van der Waals surface area contributed by atoms with Gasteiger partial charge in [0.25, 0.3) is 0 Å². The van der Waals surface area contributed by atoms with E-state index in [0.29, 0.717) is 23.8 Å². The number of amides is 2. The summed E-state index contributed by atoms with van der Waals surface area (Å²) in [7, 11) is 0. The van der Waals surface area contributed by atoms with Crippen LogP contribution in [0.15, 0.2) is 48.8 Å². The molecule has 1 aromatic carbocycles. The molecule has 0 bridgehead atoms. The highest BCUT2D eigenvalue weighted by atomic mass is 35.5. The number of carbonyl (C=O) groups excluding carboxylic acids is 1. The van der Waals surface area contributed by atoms with Crippen LogP contribution in [0.5, 0.6) is 0 Å². The van der Waals surface area contributed by atoms with E-state index in [9.17, 15) is 4.79 Å². The van der Waals surface area contributed by atoms with Crippen LogP contribution in [0.4, 0.5) is 10.5 Å². The minimum absolute atomic E-state index is 0.0950. The van der Waals surface area contributed by atoms with Gasteiger partial charge in [-0.1, -0.05) is 17.7 Å². The van der Waals surface area contributed by atoms with E-state index in [1.807, 2.05) is 12.1 Å². The van der Waals surface area contributed by atoms with E-state index in [2.05, 4.69) is 10.3 Å². The number of urea groups is 1. The first-order chi connectivity index (χ1) is 11.7. The second-order valence-electron chi connectivity index (χ2n) is 5.81. The highest BCUT2D eigenvalue weighted by molar-refractivity contribution is 6.30. The Balaban J connectivity index is 1.69. The molecule has 6 heteroatoms. The third kappa shape index (κ3) is 4.69. The topological polar surface area (TPSA) is 54.5 Å². The average molecular weight is 346 g/mol. The first-order valence-electron chi connectivity index (χ1n) is 8.03. The van der Waals surface area contributed by atoms with Crippen molar-refractivity contribution in [2.75, 3.05) is 18.5 Å². The number of halogens is 1. The number of ether oxygens (including phenoxy) is 1. The van der Waals surface area contributed by atoms with Crippen molar-refractivity contribution in [2.45, 2.75) is 25.5 Å². The first kappa shape index (κ1) is 16.7. The molecule has 126 valence electrons. The van der Waals surface area contributed by atoms with Gasteiger partial charge in [-0.3, -0.25) is 4.98 Å². The number of carbonyl (C=O) groups is 1. The minimum Gasteiger partial charge on any atom is -0.376 e. The second-order valence-corrected chi connectivity index (χ2v) is 6.25. The molecule has 1 N–H and O–H groups in total. The van der Waals surface area contributed by atoms with Gasteiger partial charge in [-0.2, -0.15) is 0 Å². The van der Waals surface area contributed by atoms with Crippen molar-refractivity contribution in [3.63, 3.8) is 0 Å². The molecule has 0 radical (unpaired) electrons. The molecule has 1 aliphatic rings. The molecule has 1 aliphatic heterocycles. The summed E-state index contributed by atoms with van der Waals surface area (Å²) in [4.78, 5) is 18.6. The SMILES string of the molecule is O=C(Nc1ccc(Cl)cc1)N(Cc1cccnc1)CC1CCCO1. The van der Waals surface area contributed by atoms with Crippen LogP contribution in [-0.2, 0) is 11.3 Å². The predicted molar refractivity (Wildman–Crippen MR) is 94.1 cm³/mol. The molecule has 0 spiro atoms. The maximum absolute atomic E-state index is 12.7. The van der Waals surface area contributed by atoms with Crippen LogP contribution in [0.2, 0.25) is 5.02 Å². The molecule has 1 unspecified atom stereocenters. The molecular formula is C18H20ClN3O2. The van der Waals surface area contributed by atoms with E-state index >= 15 is 0 Å². The van der Waals surface area contributed by atoms with E-state index in [0.717, 1.165) is 25.0 Å². The van der Waals surface area contributed by atoms with Gasteiger partial charge in [-0.15, -0.1) is 0 Å². The maximum atomic E-state index is 12.7. The summed E-state index contributed by atoms with van der Waals surface area (Å²) >= 11 is 5.88. The van der Waals surface area contributed by atoms with Crippen LogP contribution in [0, 0.1) is 0 Å². The van der Waals surface area contributed by atoms with Gasteiger partial charge in [0, 0.05) is 42.8 Å². The Morgan fingerprint density at radius 2 is 2.17 bits per heavy atom. The molecule has 1 aromatic heterocycles. The van der Waals surface area contributed by atoms with E-state index < -0.39 is 0 Å². The van der Waals surface area contributed by atoms with Crippen molar-refractivity contribution in [3.8, 4) is 0 Å². The summed E-state index contributed by atoms with van der Waals surface area (Å²) in [5.74, 6) is 0. The van der Waals surface area contributed by atoms with Crippen molar-refractivity contribution in [1.29, 1.82) is 0 Å². The van der Waals surface area contributed by atoms with Crippen molar-refractivity contribution in [1.82, 2.24) is 9.88 Å². The van der Waals surface area contributed by atoms with Gasteiger partial charge >= 0.3 is 6.03 Å². The number of benzene rings is 1. The highest BCUT2D eigenvalue weighted by Crippen LogP contribution is 2.17. The summed E-state index contributed by atoms with van der Waals surface area (Å²) in [5, 5.41) is 3.55. The molecule has 5 nitrogen and oxygen atoms in total. The Morgan fingerprint density at radius 1 is 1.33 bits per heavy atom. The highest BCUT2D eigenvalue weighted by Gasteiger charge is 2.23. The molecule has 2 aromatic rings. The van der Waals surface area contributed by atoms with Crippen LogP contribution in [0.3, 0.4) is 0 Å². The Labute approximate surface area is 146 Å². The number of nitrogens with zero attached hydrogens (tertiary/aromatic N) is 2. The zero-order valence-corrected chi connectivity index (χ0v) is 14.1. The summed E-state index contributed by atoms with van der Waals surface area (Å²) in [6, 6.07) is 10.8. The van der Waals surface area contributed by atoms with Gasteiger partial charge in [0.15, 0.2) is 0 Å². The van der Waals surface area contributed by atoms with E-state index in [1.165, 1.54) is 0 Å². The molecular weight excluding hydrogens is 326 g/mol. The second kappa shape index (κ2) is 8.13. The summed E-state index contributed by atoms with van der Waals surface area (Å²) in [6.45, 7) is 1.83. The summed E-state index contributed by atoms with van der Waals surface area (Å²) in [6.07, 6.45) is 5.62. The van der Waals surface area contributed by atoms with E-state index in [1.54, 1.807) is 41.6 Å². The standard InChI is InChI=1S/C18H20ClN3O2/c19-15-5-7-16(8-6-15)21-18(23)22(13-17-4-2-10-24-17)12-14-3-1-9-20-11-14/h1,3,5-9,11,17H,2,4,10,12-13H2,(H,21,23). The predicted octanol–water partition coefficient (Wildman–Crippen LogP) is 3.95. The Kier molecular flexibility index (Phi) is 5.67.